The monoisotopic (exact) mass is 136 g/mol. The van der Waals surface area contributed by atoms with E-state index in [4.69, 9.17) is 5.11 Å². The molecular weight excluding hydrogens is 126 g/mol. The van der Waals surface area contributed by atoms with Gasteiger partial charge < -0.3 is 5.11 Å². The summed E-state index contributed by atoms with van der Waals surface area (Å²) in [6, 6.07) is 3.82. The first-order valence-corrected chi connectivity index (χ1v) is 3.27. The summed E-state index contributed by atoms with van der Waals surface area (Å²) < 4.78 is 0. The molecule has 1 aromatic heterocycles. The average molecular weight is 136 g/mol. The third-order valence-corrected chi connectivity index (χ3v) is 1.22. The van der Waals surface area contributed by atoms with Crippen LogP contribution in [-0.4, -0.2) is 16.7 Å². The smallest absolute Gasteiger partial charge is 0.0437 e. The molecule has 1 rings (SSSR count). The molecule has 0 aromatic carbocycles. The van der Waals surface area contributed by atoms with Crippen molar-refractivity contribution in [2.75, 3.05) is 6.61 Å². The number of aliphatic hydroxyl groups excluding tert-OH is 1. The Kier molecular flexibility index (Phi) is 2.90. The Morgan fingerprint density at radius 2 is 2.10 bits per heavy atom. The lowest BCUT2D eigenvalue weighted by Crippen LogP contribution is -1.85. The van der Waals surface area contributed by atoms with Crippen molar-refractivity contribution < 1.29 is 5.11 Å². The fraction of sp³-hybridized carbons (Fsp3) is 0.250. The summed E-state index contributed by atoms with van der Waals surface area (Å²) in [7, 11) is 0. The molecule has 0 atom stereocenters. The topological polar surface area (TPSA) is 33.1 Å². The molecule has 2 nitrogen and oxygen atoms in total. The number of aromatic nitrogens is 1. The van der Waals surface area contributed by atoms with Gasteiger partial charge in [-0.15, -0.1) is 0 Å². The maximum absolute atomic E-state index is 8.48. The number of pyridine rings is 1. The van der Waals surface area contributed by atoms with Gasteiger partial charge >= 0.3 is 0 Å². The van der Waals surface area contributed by atoms with Crippen LogP contribution in [0.4, 0.5) is 0 Å². The van der Waals surface area contributed by atoms with Gasteiger partial charge in [0.2, 0.25) is 0 Å². The summed E-state index contributed by atoms with van der Waals surface area (Å²) in [5.74, 6) is 0. The number of rotatable bonds is 3. The van der Waals surface area contributed by atoms with E-state index < -0.39 is 0 Å². The first-order chi connectivity index (χ1) is 4.93. The van der Waals surface area contributed by atoms with Crippen molar-refractivity contribution in [1.82, 2.24) is 4.98 Å². The third kappa shape index (κ3) is 2.15. The lowest BCUT2D eigenvalue weighted by molar-refractivity contribution is 0.299. The second-order valence-corrected chi connectivity index (χ2v) is 2.00. The first-order valence-electron chi connectivity index (χ1n) is 3.27. The Balaban J connectivity index is 2.43. The van der Waals surface area contributed by atoms with Gasteiger partial charge in [-0.05, 0) is 30.5 Å². The zero-order valence-electron chi connectivity index (χ0n) is 5.70. The molecule has 0 amide bonds. The Bertz CT molecular complexity index is 174. The van der Waals surface area contributed by atoms with Crippen LogP contribution in [0.2, 0.25) is 0 Å². The lowest BCUT2D eigenvalue weighted by atomic mass is 10.1. The third-order valence-electron chi connectivity index (χ3n) is 1.22. The fourth-order valence-corrected chi connectivity index (χ4v) is 0.731. The molecule has 0 saturated heterocycles. The standard InChI is InChI=1S/C8H10NO/c10-7-1-2-8-3-5-9-6-4-8/h2-6,10H,1,7H2. The van der Waals surface area contributed by atoms with Gasteiger partial charge in [0, 0.05) is 19.0 Å². The molecule has 1 radical (unpaired) electrons. The van der Waals surface area contributed by atoms with Crippen LogP contribution >= 0.6 is 0 Å². The molecule has 0 bridgehead atoms. The van der Waals surface area contributed by atoms with Crippen LogP contribution in [0.25, 0.3) is 0 Å². The van der Waals surface area contributed by atoms with E-state index in [0.717, 1.165) is 5.56 Å². The van der Waals surface area contributed by atoms with Crippen LogP contribution in [0.1, 0.15) is 12.0 Å². The highest BCUT2D eigenvalue weighted by Crippen LogP contribution is 2.01. The molecule has 0 aliphatic rings. The number of hydrogen-bond donors (Lipinski definition) is 1. The number of nitrogens with zero attached hydrogens (tertiary/aromatic N) is 1. The molecule has 10 heavy (non-hydrogen) atoms. The van der Waals surface area contributed by atoms with Crippen molar-refractivity contribution >= 4 is 0 Å². The molecule has 0 fully saturated rings. The second kappa shape index (κ2) is 4.01. The maximum Gasteiger partial charge on any atom is 0.0437 e. The second-order valence-electron chi connectivity index (χ2n) is 2.00. The van der Waals surface area contributed by atoms with E-state index >= 15 is 0 Å². The lowest BCUT2D eigenvalue weighted by Gasteiger charge is -1.95. The van der Waals surface area contributed by atoms with Gasteiger partial charge in [-0.1, -0.05) is 0 Å². The molecule has 1 aromatic rings. The summed E-state index contributed by atoms with van der Waals surface area (Å²) >= 11 is 0. The van der Waals surface area contributed by atoms with E-state index in [1.54, 1.807) is 12.4 Å². The van der Waals surface area contributed by atoms with Crippen molar-refractivity contribution in [3.63, 3.8) is 0 Å². The van der Waals surface area contributed by atoms with E-state index in [9.17, 15) is 0 Å². The van der Waals surface area contributed by atoms with Gasteiger partial charge in [0.1, 0.15) is 0 Å². The maximum atomic E-state index is 8.48. The van der Waals surface area contributed by atoms with E-state index in [2.05, 4.69) is 4.98 Å². The minimum atomic E-state index is 0.211. The highest BCUT2D eigenvalue weighted by molar-refractivity contribution is 5.18. The van der Waals surface area contributed by atoms with Gasteiger partial charge in [-0.3, -0.25) is 4.98 Å². The highest BCUT2D eigenvalue weighted by atomic mass is 16.2. The van der Waals surface area contributed by atoms with Crippen molar-refractivity contribution in [3.05, 3.63) is 36.5 Å². The van der Waals surface area contributed by atoms with Gasteiger partial charge in [-0.25, -0.2) is 0 Å². The van der Waals surface area contributed by atoms with Crippen LogP contribution in [0, 0.1) is 6.42 Å². The van der Waals surface area contributed by atoms with Gasteiger partial charge in [0.05, 0.1) is 0 Å². The Hall–Kier alpha value is -0.890. The highest BCUT2D eigenvalue weighted by Gasteiger charge is 1.89. The van der Waals surface area contributed by atoms with Crippen molar-refractivity contribution in [1.29, 1.82) is 0 Å². The van der Waals surface area contributed by atoms with E-state index in [1.165, 1.54) is 0 Å². The van der Waals surface area contributed by atoms with Crippen molar-refractivity contribution in [3.8, 4) is 0 Å². The minimum Gasteiger partial charge on any atom is -0.396 e. The Labute approximate surface area is 60.5 Å². The average Bonchev–Trinajstić information content (AvgIpc) is 2.03. The number of hydrogen-bond acceptors (Lipinski definition) is 2. The summed E-state index contributed by atoms with van der Waals surface area (Å²) in [4.78, 5) is 3.87. The SMILES string of the molecule is OCC[CH]c1ccncc1. The molecule has 2 heteroatoms. The van der Waals surface area contributed by atoms with Crippen molar-refractivity contribution in [2.24, 2.45) is 0 Å². The predicted octanol–water partition coefficient (Wildman–Crippen LogP) is 1.02. The van der Waals surface area contributed by atoms with E-state index in [1.807, 2.05) is 18.6 Å². The molecule has 0 unspecified atom stereocenters. The van der Waals surface area contributed by atoms with Gasteiger partial charge in [0.15, 0.2) is 0 Å². The molecule has 0 aliphatic carbocycles. The quantitative estimate of drug-likeness (QED) is 0.672. The van der Waals surface area contributed by atoms with Gasteiger partial charge in [-0.2, -0.15) is 0 Å². The first kappa shape index (κ1) is 7.22. The molecular formula is C8H10NO. The molecule has 53 valence electrons. The van der Waals surface area contributed by atoms with Crippen molar-refractivity contribution in [2.45, 2.75) is 6.42 Å². The van der Waals surface area contributed by atoms with Crippen LogP contribution in [0.5, 0.6) is 0 Å². The van der Waals surface area contributed by atoms with Crippen LogP contribution in [0.3, 0.4) is 0 Å². The molecule has 0 saturated carbocycles. The minimum absolute atomic E-state index is 0.211. The Morgan fingerprint density at radius 1 is 1.40 bits per heavy atom. The molecule has 0 spiro atoms. The summed E-state index contributed by atoms with van der Waals surface area (Å²) in [6.45, 7) is 0.211. The number of aliphatic hydroxyl groups is 1. The normalized spacial score (nSPS) is 9.70. The Morgan fingerprint density at radius 3 is 2.70 bits per heavy atom. The molecule has 1 heterocycles. The summed E-state index contributed by atoms with van der Waals surface area (Å²) in [5.41, 5.74) is 1.11. The predicted molar refractivity (Wildman–Crippen MR) is 39.3 cm³/mol. The molecule has 0 aliphatic heterocycles. The van der Waals surface area contributed by atoms with Crippen LogP contribution < -0.4 is 0 Å². The molecule has 1 N–H and O–H groups in total. The van der Waals surface area contributed by atoms with Crippen LogP contribution in [-0.2, 0) is 0 Å². The summed E-state index contributed by atoms with van der Waals surface area (Å²) in [6.07, 6.45) is 6.16. The largest absolute Gasteiger partial charge is 0.396 e. The van der Waals surface area contributed by atoms with Gasteiger partial charge in [0.25, 0.3) is 0 Å². The van der Waals surface area contributed by atoms with Crippen LogP contribution in [0.15, 0.2) is 24.5 Å². The fourth-order valence-electron chi connectivity index (χ4n) is 0.731. The zero-order valence-corrected chi connectivity index (χ0v) is 5.70. The zero-order chi connectivity index (χ0) is 7.23. The summed E-state index contributed by atoms with van der Waals surface area (Å²) in [5, 5.41) is 8.48. The van der Waals surface area contributed by atoms with E-state index in [0.29, 0.717) is 6.42 Å². The van der Waals surface area contributed by atoms with E-state index in [-0.39, 0.29) is 6.61 Å².